The van der Waals surface area contributed by atoms with E-state index in [9.17, 15) is 0 Å². The Kier molecular flexibility index (Phi) is 5.59. The summed E-state index contributed by atoms with van der Waals surface area (Å²) < 4.78 is 5.32. The lowest BCUT2D eigenvalue weighted by atomic mass is 10.1. The van der Waals surface area contributed by atoms with Crippen LogP contribution in [0.25, 0.3) is 0 Å². The van der Waals surface area contributed by atoms with E-state index in [0.29, 0.717) is 12.5 Å². The molecule has 3 N–H and O–H groups in total. The van der Waals surface area contributed by atoms with Gasteiger partial charge < -0.3 is 15.8 Å². The number of ether oxygens (including phenoxy) is 1. The molecule has 0 aromatic heterocycles. The van der Waals surface area contributed by atoms with Crippen LogP contribution in [-0.4, -0.2) is 20.2 Å². The van der Waals surface area contributed by atoms with Gasteiger partial charge in [-0.05, 0) is 43.5 Å². The zero-order valence-electron chi connectivity index (χ0n) is 10.7. The van der Waals surface area contributed by atoms with Crippen molar-refractivity contribution in [3.63, 3.8) is 0 Å². The van der Waals surface area contributed by atoms with E-state index in [0.717, 1.165) is 35.0 Å². The van der Waals surface area contributed by atoms with Crippen LogP contribution in [0.4, 0.5) is 5.69 Å². The third-order valence-electron chi connectivity index (χ3n) is 2.84. The Hall–Kier alpha value is -0.930. The van der Waals surface area contributed by atoms with E-state index < -0.39 is 0 Å². The monoisotopic (exact) mass is 256 g/mol. The normalized spacial score (nSPS) is 12.3. The van der Waals surface area contributed by atoms with Gasteiger partial charge in [-0.3, -0.25) is 0 Å². The number of benzene rings is 1. The van der Waals surface area contributed by atoms with Gasteiger partial charge in [-0.15, -0.1) is 0 Å². The van der Waals surface area contributed by atoms with Gasteiger partial charge in [0.2, 0.25) is 0 Å². The van der Waals surface area contributed by atoms with Crippen molar-refractivity contribution in [1.82, 2.24) is 0 Å². The number of anilines is 1. The molecule has 0 amide bonds. The molecule has 1 rings (SSSR count). The highest BCUT2D eigenvalue weighted by Gasteiger charge is 2.07. The van der Waals surface area contributed by atoms with Crippen molar-refractivity contribution in [2.45, 2.75) is 20.3 Å². The smallest absolute Gasteiger partial charge is 0.142 e. The Labute approximate surface area is 108 Å². The molecule has 0 aliphatic rings. The van der Waals surface area contributed by atoms with E-state index in [1.807, 2.05) is 19.1 Å². The summed E-state index contributed by atoms with van der Waals surface area (Å²) in [6.45, 7) is 5.69. The molecule has 0 spiro atoms. The van der Waals surface area contributed by atoms with Crippen LogP contribution >= 0.6 is 11.6 Å². The summed E-state index contributed by atoms with van der Waals surface area (Å²) in [4.78, 5) is 0. The SMILES string of the molecule is COc1cc(C)c(Cl)cc1NCCC(C)CN. The fourth-order valence-corrected chi connectivity index (χ4v) is 1.70. The average molecular weight is 257 g/mol. The van der Waals surface area contributed by atoms with Crippen molar-refractivity contribution in [3.05, 3.63) is 22.7 Å². The quantitative estimate of drug-likeness (QED) is 0.822. The van der Waals surface area contributed by atoms with E-state index in [2.05, 4.69) is 12.2 Å². The van der Waals surface area contributed by atoms with Crippen LogP contribution in [0, 0.1) is 12.8 Å². The molecule has 0 bridgehead atoms. The van der Waals surface area contributed by atoms with Gasteiger partial charge in [-0.25, -0.2) is 0 Å². The molecule has 0 fully saturated rings. The maximum atomic E-state index is 6.10. The van der Waals surface area contributed by atoms with Gasteiger partial charge in [-0.2, -0.15) is 0 Å². The molecule has 1 aromatic rings. The van der Waals surface area contributed by atoms with Crippen LogP contribution in [0.15, 0.2) is 12.1 Å². The second kappa shape index (κ2) is 6.72. The minimum Gasteiger partial charge on any atom is -0.495 e. The van der Waals surface area contributed by atoms with Crippen molar-refractivity contribution in [2.24, 2.45) is 11.7 Å². The molecule has 1 atom stereocenters. The number of halogens is 1. The van der Waals surface area contributed by atoms with Gasteiger partial charge in [0.25, 0.3) is 0 Å². The first-order chi connectivity index (χ1) is 8.08. The van der Waals surface area contributed by atoms with Gasteiger partial charge >= 0.3 is 0 Å². The van der Waals surface area contributed by atoms with Crippen LogP contribution in [0.5, 0.6) is 5.75 Å². The first kappa shape index (κ1) is 14.1. The van der Waals surface area contributed by atoms with Crippen molar-refractivity contribution >= 4 is 17.3 Å². The van der Waals surface area contributed by atoms with Crippen LogP contribution in [-0.2, 0) is 0 Å². The highest BCUT2D eigenvalue weighted by molar-refractivity contribution is 6.31. The first-order valence-corrected chi connectivity index (χ1v) is 6.24. The zero-order chi connectivity index (χ0) is 12.8. The standard InChI is InChI=1S/C13H21ClN2O/c1-9(8-15)4-5-16-12-7-11(14)10(2)6-13(12)17-3/h6-7,9,16H,4-5,8,15H2,1-3H3. The van der Waals surface area contributed by atoms with Crippen molar-refractivity contribution in [3.8, 4) is 5.75 Å². The van der Waals surface area contributed by atoms with Crippen LogP contribution < -0.4 is 15.8 Å². The summed E-state index contributed by atoms with van der Waals surface area (Å²) in [6, 6.07) is 3.85. The number of methoxy groups -OCH3 is 1. The van der Waals surface area contributed by atoms with Gasteiger partial charge in [-0.1, -0.05) is 18.5 Å². The summed E-state index contributed by atoms with van der Waals surface area (Å²) in [5, 5.41) is 4.08. The summed E-state index contributed by atoms with van der Waals surface area (Å²) in [5.41, 5.74) is 7.53. The highest BCUT2D eigenvalue weighted by atomic mass is 35.5. The highest BCUT2D eigenvalue weighted by Crippen LogP contribution is 2.30. The van der Waals surface area contributed by atoms with E-state index in [1.165, 1.54) is 0 Å². The lowest BCUT2D eigenvalue weighted by molar-refractivity contribution is 0.416. The molecule has 3 nitrogen and oxygen atoms in total. The predicted molar refractivity (Wildman–Crippen MR) is 74.1 cm³/mol. The minimum absolute atomic E-state index is 0.523. The molecule has 0 aliphatic carbocycles. The Morgan fingerprint density at radius 2 is 2.18 bits per heavy atom. The molecule has 0 radical (unpaired) electrons. The number of nitrogens with two attached hydrogens (primary N) is 1. The molecule has 0 aliphatic heterocycles. The molecule has 0 saturated carbocycles. The molecule has 1 unspecified atom stereocenters. The van der Waals surface area contributed by atoms with E-state index in [4.69, 9.17) is 22.1 Å². The molecular weight excluding hydrogens is 236 g/mol. The third-order valence-corrected chi connectivity index (χ3v) is 3.24. The number of hydrogen-bond donors (Lipinski definition) is 2. The fraction of sp³-hybridized carbons (Fsp3) is 0.538. The van der Waals surface area contributed by atoms with Gasteiger partial charge in [0, 0.05) is 11.6 Å². The molecule has 96 valence electrons. The Morgan fingerprint density at radius 1 is 1.47 bits per heavy atom. The maximum Gasteiger partial charge on any atom is 0.142 e. The largest absolute Gasteiger partial charge is 0.495 e. The van der Waals surface area contributed by atoms with E-state index in [-0.39, 0.29) is 0 Å². The third kappa shape index (κ3) is 4.10. The lowest BCUT2D eigenvalue weighted by Crippen LogP contribution is -2.15. The average Bonchev–Trinajstić information content (AvgIpc) is 2.32. The zero-order valence-corrected chi connectivity index (χ0v) is 11.5. The van der Waals surface area contributed by atoms with Crippen LogP contribution in [0.3, 0.4) is 0 Å². The molecule has 0 heterocycles. The maximum absolute atomic E-state index is 6.10. The lowest BCUT2D eigenvalue weighted by Gasteiger charge is -2.14. The number of rotatable bonds is 6. The van der Waals surface area contributed by atoms with Gasteiger partial charge in [0.15, 0.2) is 0 Å². The summed E-state index contributed by atoms with van der Waals surface area (Å²) in [5.74, 6) is 1.35. The summed E-state index contributed by atoms with van der Waals surface area (Å²) in [6.07, 6.45) is 1.03. The Morgan fingerprint density at radius 3 is 2.76 bits per heavy atom. The second-order valence-corrected chi connectivity index (χ2v) is 4.77. The summed E-state index contributed by atoms with van der Waals surface area (Å²) >= 11 is 6.10. The molecule has 4 heteroatoms. The number of hydrogen-bond acceptors (Lipinski definition) is 3. The van der Waals surface area contributed by atoms with Crippen LogP contribution in [0.1, 0.15) is 18.9 Å². The molecular formula is C13H21ClN2O. The number of nitrogens with one attached hydrogen (secondary N) is 1. The second-order valence-electron chi connectivity index (χ2n) is 4.36. The Balaban J connectivity index is 2.66. The van der Waals surface area contributed by atoms with Gasteiger partial charge in [0.05, 0.1) is 12.8 Å². The molecule has 17 heavy (non-hydrogen) atoms. The first-order valence-electron chi connectivity index (χ1n) is 5.86. The van der Waals surface area contributed by atoms with E-state index >= 15 is 0 Å². The van der Waals surface area contributed by atoms with Crippen molar-refractivity contribution < 1.29 is 4.74 Å². The fourth-order valence-electron chi connectivity index (χ4n) is 1.53. The van der Waals surface area contributed by atoms with Crippen molar-refractivity contribution in [1.29, 1.82) is 0 Å². The molecule has 0 saturated heterocycles. The number of aryl methyl sites for hydroxylation is 1. The predicted octanol–water partition coefficient (Wildman–Crippen LogP) is 3.05. The summed E-state index contributed by atoms with van der Waals surface area (Å²) in [7, 11) is 1.66. The van der Waals surface area contributed by atoms with E-state index in [1.54, 1.807) is 7.11 Å². The molecule has 1 aromatic carbocycles. The van der Waals surface area contributed by atoms with Crippen LogP contribution in [0.2, 0.25) is 5.02 Å². The van der Waals surface area contributed by atoms with Gasteiger partial charge in [0.1, 0.15) is 5.75 Å². The van der Waals surface area contributed by atoms with Crippen molar-refractivity contribution in [2.75, 3.05) is 25.5 Å². The topological polar surface area (TPSA) is 47.3 Å². The minimum atomic E-state index is 0.523. The Bertz CT molecular complexity index is 369.